The van der Waals surface area contributed by atoms with Gasteiger partial charge in [-0.05, 0) is 23.6 Å². The zero-order chi connectivity index (χ0) is 18.7. The molecule has 1 saturated heterocycles. The van der Waals surface area contributed by atoms with Gasteiger partial charge in [0.15, 0.2) is 6.67 Å². The van der Waals surface area contributed by atoms with Crippen molar-refractivity contribution in [3.05, 3.63) is 58.0 Å². The van der Waals surface area contributed by atoms with E-state index < -0.39 is 17.8 Å². The number of hydrogen-bond acceptors (Lipinski definition) is 4. The van der Waals surface area contributed by atoms with Crippen LogP contribution in [0.3, 0.4) is 0 Å². The molecule has 0 spiro atoms. The highest BCUT2D eigenvalue weighted by Gasteiger charge is 2.45. The lowest BCUT2D eigenvalue weighted by atomic mass is 10.2. The Bertz CT molecular complexity index is 825. The molecule has 136 valence electrons. The van der Waals surface area contributed by atoms with Crippen LogP contribution in [0.1, 0.15) is 10.4 Å². The lowest BCUT2D eigenvalue weighted by Crippen LogP contribution is -3.09. The Morgan fingerprint density at radius 3 is 2.54 bits per heavy atom. The quantitative estimate of drug-likeness (QED) is 0.577. The van der Waals surface area contributed by atoms with Gasteiger partial charge in [-0.3, -0.25) is 14.5 Å². The molecule has 1 aromatic carbocycles. The summed E-state index contributed by atoms with van der Waals surface area (Å²) in [5.41, 5.74) is 0.752. The molecule has 26 heavy (non-hydrogen) atoms. The summed E-state index contributed by atoms with van der Waals surface area (Å²) < 4.78 is 13.3. The van der Waals surface area contributed by atoms with Crippen molar-refractivity contribution < 1.29 is 23.7 Å². The second kappa shape index (κ2) is 7.76. The van der Waals surface area contributed by atoms with E-state index in [0.717, 1.165) is 25.1 Å². The van der Waals surface area contributed by atoms with Crippen molar-refractivity contribution in [3.8, 4) is 0 Å². The summed E-state index contributed by atoms with van der Waals surface area (Å²) in [5, 5.41) is 1.92. The van der Waals surface area contributed by atoms with Crippen LogP contribution in [0.5, 0.6) is 0 Å². The molecular weight excluding hydrogens is 357 g/mol. The summed E-state index contributed by atoms with van der Waals surface area (Å²) in [6.07, 6.45) is 0.530. The van der Waals surface area contributed by atoms with E-state index in [1.54, 1.807) is 30.5 Å². The Hall–Kier alpha value is -2.58. The number of urea groups is 1. The zero-order valence-corrected chi connectivity index (χ0v) is 15.1. The number of amides is 4. The second-order valence-corrected chi connectivity index (χ2v) is 7.26. The third-order valence-corrected chi connectivity index (χ3v) is 5.06. The largest absolute Gasteiger partial charge is 0.338 e. The summed E-state index contributed by atoms with van der Waals surface area (Å²) in [7, 11) is 1.78. The van der Waals surface area contributed by atoms with Crippen LogP contribution < -0.4 is 4.90 Å². The molecule has 0 aliphatic carbocycles. The molecule has 1 fully saturated rings. The summed E-state index contributed by atoms with van der Waals surface area (Å²) in [4.78, 5) is 40.6. The van der Waals surface area contributed by atoms with Gasteiger partial charge in [-0.2, -0.15) is 0 Å². The van der Waals surface area contributed by atoms with Crippen molar-refractivity contribution >= 4 is 29.2 Å². The van der Waals surface area contributed by atoms with E-state index >= 15 is 0 Å². The SMILES string of the molecule is C[NH+](Cc1cccc(F)c1)CN1C(=O)C(=O)N(CCc2cccs2)C1=O. The highest BCUT2D eigenvalue weighted by Crippen LogP contribution is 2.14. The second-order valence-electron chi connectivity index (χ2n) is 6.22. The van der Waals surface area contributed by atoms with Crippen LogP contribution in [0.4, 0.5) is 9.18 Å². The summed E-state index contributed by atoms with van der Waals surface area (Å²) >= 11 is 1.54. The molecule has 1 N–H and O–H groups in total. The number of imide groups is 2. The summed E-state index contributed by atoms with van der Waals surface area (Å²) in [6.45, 7) is 0.664. The Balaban J connectivity index is 1.61. The average Bonchev–Trinajstić information content (AvgIpc) is 3.18. The van der Waals surface area contributed by atoms with Gasteiger partial charge in [0, 0.05) is 23.4 Å². The molecule has 1 atom stereocenters. The number of carbonyl (C=O) groups excluding carboxylic acids is 3. The lowest BCUT2D eigenvalue weighted by molar-refractivity contribution is -0.901. The van der Waals surface area contributed by atoms with Crippen LogP contribution >= 0.6 is 11.3 Å². The minimum atomic E-state index is -0.806. The monoisotopic (exact) mass is 376 g/mol. The maximum atomic E-state index is 13.3. The first kappa shape index (κ1) is 18.2. The molecule has 1 aliphatic heterocycles. The van der Waals surface area contributed by atoms with Crippen LogP contribution in [0.2, 0.25) is 0 Å². The molecule has 2 heterocycles. The van der Waals surface area contributed by atoms with E-state index in [2.05, 4.69) is 0 Å². The summed E-state index contributed by atoms with van der Waals surface area (Å²) in [6, 6.07) is 9.39. The van der Waals surface area contributed by atoms with Crippen LogP contribution in [-0.2, 0) is 22.6 Å². The van der Waals surface area contributed by atoms with Crippen LogP contribution in [0.15, 0.2) is 41.8 Å². The molecule has 0 radical (unpaired) electrons. The average molecular weight is 376 g/mol. The van der Waals surface area contributed by atoms with Crippen molar-refractivity contribution in [1.82, 2.24) is 9.80 Å². The molecule has 1 unspecified atom stereocenters. The Morgan fingerprint density at radius 1 is 1.08 bits per heavy atom. The van der Waals surface area contributed by atoms with Crippen LogP contribution in [0.25, 0.3) is 0 Å². The molecule has 1 aliphatic rings. The zero-order valence-electron chi connectivity index (χ0n) is 14.3. The smallest absolute Gasteiger partial charge is 0.316 e. The number of quaternary nitrogens is 1. The van der Waals surface area contributed by atoms with E-state index in [9.17, 15) is 18.8 Å². The van der Waals surface area contributed by atoms with E-state index in [-0.39, 0.29) is 19.0 Å². The fourth-order valence-electron chi connectivity index (χ4n) is 2.89. The highest BCUT2D eigenvalue weighted by molar-refractivity contribution is 7.09. The molecule has 6 nitrogen and oxygen atoms in total. The lowest BCUT2D eigenvalue weighted by Gasteiger charge is -2.20. The highest BCUT2D eigenvalue weighted by atomic mass is 32.1. The number of carbonyl (C=O) groups is 3. The third-order valence-electron chi connectivity index (χ3n) is 4.12. The van der Waals surface area contributed by atoms with Crippen LogP contribution in [-0.4, -0.2) is 47.9 Å². The Kier molecular flexibility index (Phi) is 5.43. The van der Waals surface area contributed by atoms with Crippen molar-refractivity contribution in [2.75, 3.05) is 20.3 Å². The first-order chi connectivity index (χ1) is 12.5. The molecule has 3 rings (SSSR count). The van der Waals surface area contributed by atoms with Crippen molar-refractivity contribution in [2.45, 2.75) is 13.0 Å². The fraction of sp³-hybridized carbons (Fsp3) is 0.278. The number of benzene rings is 1. The Morgan fingerprint density at radius 2 is 1.85 bits per heavy atom. The molecule has 4 amide bonds. The van der Waals surface area contributed by atoms with Crippen molar-refractivity contribution in [1.29, 1.82) is 0 Å². The van der Waals surface area contributed by atoms with Gasteiger partial charge < -0.3 is 4.90 Å². The normalized spacial score (nSPS) is 15.8. The topological polar surface area (TPSA) is 62.1 Å². The predicted octanol–water partition coefficient (Wildman–Crippen LogP) is 0.893. The van der Waals surface area contributed by atoms with Crippen molar-refractivity contribution in [3.63, 3.8) is 0 Å². The Labute approximate surface area is 154 Å². The molecule has 8 heteroatoms. The molecular formula is C18H19FN3O3S+. The van der Waals surface area contributed by atoms with Gasteiger partial charge in [0.05, 0.1) is 7.05 Å². The van der Waals surface area contributed by atoms with Crippen LogP contribution in [0, 0.1) is 5.82 Å². The maximum absolute atomic E-state index is 13.3. The number of nitrogens with zero attached hydrogens (tertiary/aromatic N) is 2. The van der Waals surface area contributed by atoms with Gasteiger partial charge in [-0.15, -0.1) is 11.3 Å². The maximum Gasteiger partial charge on any atom is 0.338 e. The van der Waals surface area contributed by atoms with Gasteiger partial charge in [-0.25, -0.2) is 14.1 Å². The third kappa shape index (κ3) is 3.97. The van der Waals surface area contributed by atoms with E-state index in [1.807, 2.05) is 17.5 Å². The molecule has 0 saturated carbocycles. The van der Waals surface area contributed by atoms with Gasteiger partial charge in [-0.1, -0.05) is 18.2 Å². The fourth-order valence-corrected chi connectivity index (χ4v) is 3.58. The number of rotatable bonds is 7. The number of hydrogen-bond donors (Lipinski definition) is 1. The first-order valence-electron chi connectivity index (χ1n) is 8.21. The number of nitrogens with one attached hydrogen (secondary N) is 1. The minimum Gasteiger partial charge on any atom is -0.316 e. The molecule has 1 aromatic heterocycles. The summed E-state index contributed by atoms with van der Waals surface area (Å²) in [5.74, 6) is -1.93. The number of thiophene rings is 1. The first-order valence-corrected chi connectivity index (χ1v) is 9.09. The predicted molar refractivity (Wildman–Crippen MR) is 93.8 cm³/mol. The standard InChI is InChI=1S/C18H18FN3O3S/c1-20(11-13-4-2-5-14(19)10-13)12-22-17(24)16(23)21(18(22)25)8-7-15-6-3-9-26-15/h2-6,9-10H,7-8,11-12H2,1H3/p+1. The van der Waals surface area contributed by atoms with Gasteiger partial charge in [0.25, 0.3) is 0 Å². The van der Waals surface area contributed by atoms with E-state index in [4.69, 9.17) is 0 Å². The van der Waals surface area contributed by atoms with Gasteiger partial charge in [0.1, 0.15) is 12.4 Å². The number of halogens is 1. The van der Waals surface area contributed by atoms with Crippen molar-refractivity contribution in [2.24, 2.45) is 0 Å². The molecule has 0 bridgehead atoms. The minimum absolute atomic E-state index is 0.0510. The van der Waals surface area contributed by atoms with Gasteiger partial charge in [0.2, 0.25) is 0 Å². The van der Waals surface area contributed by atoms with E-state index in [1.165, 1.54) is 12.1 Å². The van der Waals surface area contributed by atoms with E-state index in [0.29, 0.717) is 13.0 Å². The van der Waals surface area contributed by atoms with Gasteiger partial charge >= 0.3 is 17.8 Å². The molecule has 2 aromatic rings.